The Morgan fingerprint density at radius 2 is 1.81 bits per heavy atom. The first-order valence-corrected chi connectivity index (χ1v) is 8.83. The molecule has 1 aliphatic heterocycles. The normalized spacial score (nSPS) is 15.2. The van der Waals surface area contributed by atoms with E-state index in [1.807, 2.05) is 12.1 Å². The molecule has 0 unspecified atom stereocenters. The number of hydrogen-bond acceptors (Lipinski definition) is 5. The second kappa shape index (κ2) is 8.96. The standard InChI is InChI=1S/C20H25FN2O3/c1-24-19-7-10-22-18(20(19)25-2)14-23(17-8-11-26-12-9-17)13-15-3-5-16(21)6-4-15/h3-7,10,17H,8-9,11-14H2,1-2H3. The van der Waals surface area contributed by atoms with Crippen molar-refractivity contribution in [3.8, 4) is 11.5 Å². The highest BCUT2D eigenvalue weighted by atomic mass is 19.1. The zero-order valence-electron chi connectivity index (χ0n) is 15.3. The van der Waals surface area contributed by atoms with Crippen LogP contribution in [0, 0.1) is 5.82 Å². The second-order valence-electron chi connectivity index (χ2n) is 6.37. The van der Waals surface area contributed by atoms with Crippen molar-refractivity contribution >= 4 is 0 Å². The first-order chi connectivity index (χ1) is 12.7. The van der Waals surface area contributed by atoms with Crippen LogP contribution in [0.4, 0.5) is 4.39 Å². The molecule has 140 valence electrons. The van der Waals surface area contributed by atoms with E-state index < -0.39 is 0 Å². The lowest BCUT2D eigenvalue weighted by Crippen LogP contribution is -2.38. The summed E-state index contributed by atoms with van der Waals surface area (Å²) in [6.07, 6.45) is 3.66. The summed E-state index contributed by atoms with van der Waals surface area (Å²) in [6.45, 7) is 2.86. The summed E-state index contributed by atoms with van der Waals surface area (Å²) in [4.78, 5) is 6.87. The number of hydrogen-bond donors (Lipinski definition) is 0. The van der Waals surface area contributed by atoms with E-state index in [2.05, 4.69) is 9.88 Å². The van der Waals surface area contributed by atoms with Crippen molar-refractivity contribution in [1.82, 2.24) is 9.88 Å². The fourth-order valence-electron chi connectivity index (χ4n) is 3.34. The van der Waals surface area contributed by atoms with E-state index in [4.69, 9.17) is 14.2 Å². The van der Waals surface area contributed by atoms with Crippen molar-refractivity contribution in [1.29, 1.82) is 0 Å². The van der Waals surface area contributed by atoms with Crippen LogP contribution in [-0.4, -0.2) is 43.4 Å². The van der Waals surface area contributed by atoms with Gasteiger partial charge in [0.15, 0.2) is 11.5 Å². The summed E-state index contributed by atoms with van der Waals surface area (Å²) < 4.78 is 29.7. The number of aromatic nitrogens is 1. The Morgan fingerprint density at radius 1 is 1.08 bits per heavy atom. The van der Waals surface area contributed by atoms with Gasteiger partial charge in [-0.3, -0.25) is 9.88 Å². The lowest BCUT2D eigenvalue weighted by atomic mass is 10.0. The Morgan fingerprint density at radius 3 is 2.46 bits per heavy atom. The predicted molar refractivity (Wildman–Crippen MR) is 96.8 cm³/mol. The Hall–Kier alpha value is -2.18. The average molecular weight is 360 g/mol. The molecule has 0 N–H and O–H groups in total. The van der Waals surface area contributed by atoms with Gasteiger partial charge in [-0.25, -0.2) is 4.39 Å². The lowest BCUT2D eigenvalue weighted by molar-refractivity contribution is 0.0269. The number of nitrogens with zero attached hydrogens (tertiary/aromatic N) is 2. The molecule has 0 bridgehead atoms. The summed E-state index contributed by atoms with van der Waals surface area (Å²) >= 11 is 0. The van der Waals surface area contributed by atoms with E-state index in [-0.39, 0.29) is 5.82 Å². The van der Waals surface area contributed by atoms with Crippen LogP contribution in [0.1, 0.15) is 24.1 Å². The van der Waals surface area contributed by atoms with Gasteiger partial charge in [-0.15, -0.1) is 0 Å². The van der Waals surface area contributed by atoms with Gasteiger partial charge in [0.05, 0.1) is 14.2 Å². The topological polar surface area (TPSA) is 43.8 Å². The molecule has 1 aliphatic rings. The van der Waals surface area contributed by atoms with E-state index in [9.17, 15) is 4.39 Å². The maximum atomic E-state index is 13.2. The summed E-state index contributed by atoms with van der Waals surface area (Å²) in [6, 6.07) is 8.84. The number of pyridine rings is 1. The minimum absolute atomic E-state index is 0.220. The van der Waals surface area contributed by atoms with Gasteiger partial charge in [0, 0.05) is 44.6 Å². The summed E-state index contributed by atoms with van der Waals surface area (Å²) in [5, 5.41) is 0. The maximum absolute atomic E-state index is 13.2. The molecule has 1 aromatic heterocycles. The first kappa shape index (κ1) is 18.6. The number of benzene rings is 1. The lowest BCUT2D eigenvalue weighted by Gasteiger charge is -2.34. The van der Waals surface area contributed by atoms with Crippen molar-refractivity contribution in [3.63, 3.8) is 0 Å². The van der Waals surface area contributed by atoms with Crippen molar-refractivity contribution in [2.24, 2.45) is 0 Å². The van der Waals surface area contributed by atoms with Crippen molar-refractivity contribution in [3.05, 3.63) is 53.6 Å². The molecular weight excluding hydrogens is 335 g/mol. The van der Waals surface area contributed by atoms with Gasteiger partial charge < -0.3 is 14.2 Å². The van der Waals surface area contributed by atoms with Gasteiger partial charge in [-0.2, -0.15) is 0 Å². The van der Waals surface area contributed by atoms with Crippen LogP contribution >= 0.6 is 0 Å². The van der Waals surface area contributed by atoms with Gasteiger partial charge in [0.2, 0.25) is 0 Å². The minimum Gasteiger partial charge on any atom is -0.493 e. The molecule has 0 spiro atoms. The highest BCUT2D eigenvalue weighted by molar-refractivity contribution is 5.42. The zero-order valence-corrected chi connectivity index (χ0v) is 15.3. The van der Waals surface area contributed by atoms with Crippen molar-refractivity contribution in [2.45, 2.75) is 32.0 Å². The van der Waals surface area contributed by atoms with Crippen LogP contribution in [0.5, 0.6) is 11.5 Å². The largest absolute Gasteiger partial charge is 0.493 e. The second-order valence-corrected chi connectivity index (χ2v) is 6.37. The number of halogens is 1. The van der Waals surface area contributed by atoms with Crippen LogP contribution < -0.4 is 9.47 Å². The molecule has 0 atom stereocenters. The van der Waals surface area contributed by atoms with E-state index >= 15 is 0 Å². The fraction of sp³-hybridized carbons (Fsp3) is 0.450. The Balaban J connectivity index is 1.84. The van der Waals surface area contributed by atoms with Crippen LogP contribution in [0.15, 0.2) is 36.5 Å². The summed E-state index contributed by atoms with van der Waals surface area (Å²) in [5.74, 6) is 1.11. The smallest absolute Gasteiger partial charge is 0.183 e. The Labute approximate surface area is 153 Å². The van der Waals surface area contributed by atoms with E-state index in [0.29, 0.717) is 30.6 Å². The molecule has 0 radical (unpaired) electrons. The molecule has 26 heavy (non-hydrogen) atoms. The molecule has 0 amide bonds. The molecule has 1 saturated heterocycles. The molecule has 2 aromatic rings. The number of methoxy groups -OCH3 is 2. The van der Waals surface area contributed by atoms with Crippen LogP contribution in [0.25, 0.3) is 0 Å². The predicted octanol–water partition coefficient (Wildman–Crippen LogP) is 3.42. The van der Waals surface area contributed by atoms with Crippen LogP contribution in [-0.2, 0) is 17.8 Å². The summed E-state index contributed by atoms with van der Waals surface area (Å²) in [7, 11) is 3.25. The first-order valence-electron chi connectivity index (χ1n) is 8.83. The summed E-state index contributed by atoms with van der Waals surface area (Å²) in [5.41, 5.74) is 1.90. The van der Waals surface area contributed by atoms with Gasteiger partial charge in [-0.1, -0.05) is 12.1 Å². The van der Waals surface area contributed by atoms with Crippen LogP contribution in [0.3, 0.4) is 0 Å². The fourth-order valence-corrected chi connectivity index (χ4v) is 3.34. The van der Waals surface area contributed by atoms with E-state index in [1.54, 1.807) is 26.5 Å². The molecule has 1 aromatic carbocycles. The number of ether oxygens (including phenoxy) is 3. The Kier molecular flexibility index (Phi) is 6.41. The van der Waals surface area contributed by atoms with Gasteiger partial charge in [0.25, 0.3) is 0 Å². The maximum Gasteiger partial charge on any atom is 0.183 e. The van der Waals surface area contributed by atoms with Gasteiger partial charge >= 0.3 is 0 Å². The van der Waals surface area contributed by atoms with E-state index in [0.717, 1.165) is 37.3 Å². The minimum atomic E-state index is -0.220. The highest BCUT2D eigenvalue weighted by Gasteiger charge is 2.24. The monoisotopic (exact) mass is 360 g/mol. The van der Waals surface area contributed by atoms with Gasteiger partial charge in [0.1, 0.15) is 11.5 Å². The van der Waals surface area contributed by atoms with Crippen molar-refractivity contribution in [2.75, 3.05) is 27.4 Å². The SMILES string of the molecule is COc1ccnc(CN(Cc2ccc(F)cc2)C2CCOCC2)c1OC. The van der Waals surface area contributed by atoms with Crippen molar-refractivity contribution < 1.29 is 18.6 Å². The third-order valence-electron chi connectivity index (χ3n) is 4.73. The van der Waals surface area contributed by atoms with Crippen LogP contribution in [0.2, 0.25) is 0 Å². The molecule has 2 heterocycles. The molecular formula is C20H25FN2O3. The third-order valence-corrected chi connectivity index (χ3v) is 4.73. The van der Waals surface area contributed by atoms with Gasteiger partial charge in [-0.05, 0) is 30.5 Å². The molecule has 3 rings (SSSR count). The molecule has 0 aliphatic carbocycles. The average Bonchev–Trinajstić information content (AvgIpc) is 2.69. The zero-order chi connectivity index (χ0) is 18.4. The third kappa shape index (κ3) is 4.51. The molecule has 1 fully saturated rings. The molecule has 6 heteroatoms. The molecule has 5 nitrogen and oxygen atoms in total. The Bertz CT molecular complexity index is 703. The highest BCUT2D eigenvalue weighted by Crippen LogP contribution is 2.31. The van der Waals surface area contributed by atoms with E-state index in [1.165, 1.54) is 12.1 Å². The number of rotatable bonds is 7. The quantitative estimate of drug-likeness (QED) is 0.757. The molecule has 0 saturated carbocycles.